The Morgan fingerprint density at radius 1 is 1.43 bits per heavy atom. The number of hydrogen-bond acceptors (Lipinski definition) is 5. The average molecular weight is 311 g/mol. The highest BCUT2D eigenvalue weighted by Crippen LogP contribution is 2.19. The first-order chi connectivity index (χ1) is 10.3. The fourth-order valence-electron chi connectivity index (χ4n) is 2.84. The number of nitrogens with one attached hydrogen (secondary N) is 1. The first-order valence-corrected chi connectivity index (χ1v) is 9.29. The molecule has 1 fully saturated rings. The van der Waals surface area contributed by atoms with Gasteiger partial charge in [-0.3, -0.25) is 4.68 Å². The Balaban J connectivity index is 2.06. The van der Waals surface area contributed by atoms with Gasteiger partial charge in [0.2, 0.25) is 0 Å². The van der Waals surface area contributed by atoms with Gasteiger partial charge in [-0.1, -0.05) is 13.8 Å². The molecular formula is C15H29N5S. The number of rotatable bonds is 8. The van der Waals surface area contributed by atoms with Crippen molar-refractivity contribution < 1.29 is 0 Å². The number of likely N-dealkylation sites (N-methyl/N-ethyl adjacent to an activating group) is 1. The van der Waals surface area contributed by atoms with Gasteiger partial charge in [-0.15, -0.1) is 0 Å². The van der Waals surface area contributed by atoms with Gasteiger partial charge in [-0.05, 0) is 26.4 Å². The summed E-state index contributed by atoms with van der Waals surface area (Å²) in [4.78, 5) is 6.99. The molecule has 1 aliphatic heterocycles. The summed E-state index contributed by atoms with van der Waals surface area (Å²) < 4.78 is 2.07. The number of aromatic nitrogens is 3. The molecule has 0 spiro atoms. The third-order valence-corrected chi connectivity index (χ3v) is 5.15. The molecule has 0 amide bonds. The van der Waals surface area contributed by atoms with Crippen molar-refractivity contribution in [2.75, 3.05) is 31.6 Å². The predicted molar refractivity (Wildman–Crippen MR) is 89.8 cm³/mol. The fraction of sp³-hybridized carbons (Fsp3) is 0.867. The molecule has 2 unspecified atom stereocenters. The van der Waals surface area contributed by atoms with Crippen molar-refractivity contribution in [3.05, 3.63) is 12.2 Å². The maximum atomic E-state index is 4.49. The Bertz CT molecular complexity index is 409. The molecule has 0 aromatic carbocycles. The topological polar surface area (TPSA) is 46.0 Å². The average Bonchev–Trinajstić information content (AvgIpc) is 2.92. The minimum atomic E-state index is 0.461. The summed E-state index contributed by atoms with van der Waals surface area (Å²) in [5.74, 6) is 3.58. The number of nitrogens with zero attached hydrogens (tertiary/aromatic N) is 4. The summed E-state index contributed by atoms with van der Waals surface area (Å²) in [6.45, 7) is 7.63. The van der Waals surface area contributed by atoms with Gasteiger partial charge in [-0.2, -0.15) is 16.9 Å². The van der Waals surface area contributed by atoms with Crippen LogP contribution in [0.25, 0.3) is 0 Å². The Labute approximate surface area is 132 Å². The van der Waals surface area contributed by atoms with Crippen molar-refractivity contribution in [2.45, 2.75) is 51.7 Å². The highest BCUT2D eigenvalue weighted by Gasteiger charge is 2.28. The first-order valence-electron chi connectivity index (χ1n) is 8.14. The van der Waals surface area contributed by atoms with E-state index in [0.29, 0.717) is 12.1 Å². The Hall–Kier alpha value is -0.590. The zero-order valence-corrected chi connectivity index (χ0v) is 14.4. The van der Waals surface area contributed by atoms with Gasteiger partial charge in [0.15, 0.2) is 0 Å². The summed E-state index contributed by atoms with van der Waals surface area (Å²) in [6.07, 6.45) is 4.93. The second-order valence-electron chi connectivity index (χ2n) is 5.79. The van der Waals surface area contributed by atoms with Crippen LogP contribution in [0.2, 0.25) is 0 Å². The molecule has 1 N–H and O–H groups in total. The Morgan fingerprint density at radius 2 is 2.29 bits per heavy atom. The van der Waals surface area contributed by atoms with Crippen molar-refractivity contribution >= 4 is 11.8 Å². The smallest absolute Gasteiger partial charge is 0.138 e. The van der Waals surface area contributed by atoms with E-state index in [1.165, 1.54) is 24.5 Å². The second-order valence-corrected chi connectivity index (χ2v) is 6.94. The van der Waals surface area contributed by atoms with Gasteiger partial charge in [-0.25, -0.2) is 4.98 Å². The monoisotopic (exact) mass is 311 g/mol. The molecule has 2 rings (SSSR count). The molecule has 2 atom stereocenters. The van der Waals surface area contributed by atoms with Gasteiger partial charge in [0, 0.05) is 43.1 Å². The van der Waals surface area contributed by atoms with Crippen LogP contribution in [0.1, 0.15) is 32.5 Å². The summed E-state index contributed by atoms with van der Waals surface area (Å²) >= 11 is 2.07. The quantitative estimate of drug-likeness (QED) is 0.791. The van der Waals surface area contributed by atoms with Crippen LogP contribution in [-0.2, 0) is 13.0 Å². The maximum Gasteiger partial charge on any atom is 0.138 e. The molecule has 1 aromatic rings. The molecule has 21 heavy (non-hydrogen) atoms. The van der Waals surface area contributed by atoms with E-state index in [9.17, 15) is 0 Å². The van der Waals surface area contributed by atoms with E-state index in [1.807, 2.05) is 0 Å². The first kappa shape index (κ1) is 16.8. The number of aryl methyl sites for hydroxylation is 1. The minimum absolute atomic E-state index is 0.461. The van der Waals surface area contributed by atoms with Crippen LogP contribution in [0.15, 0.2) is 6.33 Å². The summed E-state index contributed by atoms with van der Waals surface area (Å²) in [7, 11) is 2.25. The van der Waals surface area contributed by atoms with E-state index < -0.39 is 0 Å². The van der Waals surface area contributed by atoms with E-state index >= 15 is 0 Å². The van der Waals surface area contributed by atoms with E-state index in [1.54, 1.807) is 6.33 Å². The van der Waals surface area contributed by atoms with Crippen molar-refractivity contribution in [2.24, 2.45) is 0 Å². The molecule has 1 aromatic heterocycles. The highest BCUT2D eigenvalue weighted by molar-refractivity contribution is 7.99. The number of hydrogen-bond donors (Lipinski definition) is 1. The minimum Gasteiger partial charge on any atom is -0.312 e. The maximum absolute atomic E-state index is 4.49. The summed E-state index contributed by atoms with van der Waals surface area (Å²) in [5, 5.41) is 8.10. The van der Waals surface area contributed by atoms with Crippen LogP contribution < -0.4 is 5.32 Å². The molecule has 1 saturated heterocycles. The van der Waals surface area contributed by atoms with Gasteiger partial charge >= 0.3 is 0 Å². The molecule has 1 aliphatic rings. The zero-order chi connectivity index (χ0) is 15.1. The van der Waals surface area contributed by atoms with E-state index in [0.717, 1.165) is 31.8 Å². The number of thioether (sulfide) groups is 1. The summed E-state index contributed by atoms with van der Waals surface area (Å²) in [6, 6.07) is 1.05. The van der Waals surface area contributed by atoms with Crippen LogP contribution in [0.4, 0.5) is 0 Å². The zero-order valence-electron chi connectivity index (χ0n) is 13.6. The lowest BCUT2D eigenvalue weighted by Crippen LogP contribution is -2.54. The molecular weight excluding hydrogens is 282 g/mol. The second kappa shape index (κ2) is 8.76. The van der Waals surface area contributed by atoms with Gasteiger partial charge in [0.1, 0.15) is 12.2 Å². The van der Waals surface area contributed by atoms with Crippen LogP contribution in [0, 0.1) is 0 Å². The van der Waals surface area contributed by atoms with E-state index in [4.69, 9.17) is 0 Å². The predicted octanol–water partition coefficient (Wildman–Crippen LogP) is 1.65. The lowest BCUT2D eigenvalue weighted by molar-refractivity contribution is 0.211. The molecule has 0 bridgehead atoms. The standard InChI is InChI=1S/C15H29N5S/c1-4-6-16-13(14-11-21-9-8-19(14)3)10-15-17-12-18-20(15)7-5-2/h12-14,16H,4-11H2,1-3H3. The van der Waals surface area contributed by atoms with Crippen LogP contribution in [0.5, 0.6) is 0 Å². The van der Waals surface area contributed by atoms with Crippen LogP contribution in [0.3, 0.4) is 0 Å². The molecule has 0 radical (unpaired) electrons. The van der Waals surface area contributed by atoms with E-state index in [2.05, 4.69) is 57.6 Å². The third-order valence-electron chi connectivity index (χ3n) is 4.10. The lowest BCUT2D eigenvalue weighted by atomic mass is 10.0. The third kappa shape index (κ3) is 4.69. The van der Waals surface area contributed by atoms with E-state index in [-0.39, 0.29) is 0 Å². The molecule has 120 valence electrons. The fourth-order valence-corrected chi connectivity index (χ4v) is 4.16. The normalized spacial score (nSPS) is 21.6. The van der Waals surface area contributed by atoms with Gasteiger partial charge in [0.05, 0.1) is 0 Å². The Kier molecular flexibility index (Phi) is 6.99. The van der Waals surface area contributed by atoms with Crippen molar-refractivity contribution in [3.8, 4) is 0 Å². The molecule has 0 aliphatic carbocycles. The molecule has 0 saturated carbocycles. The van der Waals surface area contributed by atoms with Gasteiger partial charge < -0.3 is 10.2 Å². The SMILES string of the molecule is CCCNC(Cc1ncnn1CCC)C1CSCCN1C. The van der Waals surface area contributed by atoms with Gasteiger partial charge in [0.25, 0.3) is 0 Å². The molecule has 6 heteroatoms. The molecule has 2 heterocycles. The van der Waals surface area contributed by atoms with Crippen molar-refractivity contribution in [1.29, 1.82) is 0 Å². The largest absolute Gasteiger partial charge is 0.312 e. The highest BCUT2D eigenvalue weighted by atomic mass is 32.2. The van der Waals surface area contributed by atoms with Crippen molar-refractivity contribution in [1.82, 2.24) is 25.0 Å². The van der Waals surface area contributed by atoms with Crippen molar-refractivity contribution in [3.63, 3.8) is 0 Å². The molecule has 5 nitrogen and oxygen atoms in total. The lowest BCUT2D eigenvalue weighted by Gasteiger charge is -2.38. The van der Waals surface area contributed by atoms with Crippen LogP contribution >= 0.6 is 11.8 Å². The summed E-state index contributed by atoms with van der Waals surface area (Å²) in [5.41, 5.74) is 0. The van der Waals surface area contributed by atoms with Crippen LogP contribution in [-0.4, -0.2) is 63.4 Å². The Morgan fingerprint density at radius 3 is 3.00 bits per heavy atom.